The molecule has 0 spiro atoms. The normalized spacial score (nSPS) is 31.2. The summed E-state index contributed by atoms with van der Waals surface area (Å²) in [7, 11) is 0. The predicted molar refractivity (Wildman–Crippen MR) is 88.9 cm³/mol. The van der Waals surface area contributed by atoms with Crippen molar-refractivity contribution in [3.05, 3.63) is 34.6 Å². The van der Waals surface area contributed by atoms with Crippen LogP contribution in [0, 0.1) is 5.82 Å². The summed E-state index contributed by atoms with van der Waals surface area (Å²) in [5.74, 6) is -1.06. The first-order chi connectivity index (χ1) is 12.0. The van der Waals surface area contributed by atoms with Gasteiger partial charge in [0.25, 0.3) is 5.91 Å². The molecule has 6 nitrogen and oxygen atoms in total. The number of carbonyl (C=O) groups is 1. The van der Waals surface area contributed by atoms with Gasteiger partial charge in [0.15, 0.2) is 0 Å². The number of morpholine rings is 1. The summed E-state index contributed by atoms with van der Waals surface area (Å²) in [5.41, 5.74) is 3.08. The van der Waals surface area contributed by atoms with E-state index in [-0.39, 0.29) is 23.0 Å². The number of halogens is 1. The van der Waals surface area contributed by atoms with E-state index in [0.717, 1.165) is 38.1 Å². The van der Waals surface area contributed by atoms with Gasteiger partial charge in [-0.25, -0.2) is 9.87 Å². The van der Waals surface area contributed by atoms with Gasteiger partial charge in [-0.1, -0.05) is 6.92 Å². The SMILES string of the molecule is CC[C@@H]1Cc2c(F)cc(C(=O)NO)cc2CN1C[C@]12CN[C@H](CO1)C2. The van der Waals surface area contributed by atoms with Crippen LogP contribution in [-0.2, 0) is 17.7 Å². The van der Waals surface area contributed by atoms with Gasteiger partial charge in [-0.15, -0.1) is 0 Å². The first kappa shape index (κ1) is 16.9. The summed E-state index contributed by atoms with van der Waals surface area (Å²) in [6.07, 6.45) is 2.59. The van der Waals surface area contributed by atoms with E-state index in [1.165, 1.54) is 6.07 Å². The maximum atomic E-state index is 14.5. The van der Waals surface area contributed by atoms with Crippen molar-refractivity contribution in [1.82, 2.24) is 15.7 Å². The monoisotopic (exact) mass is 349 g/mol. The zero-order valence-electron chi connectivity index (χ0n) is 14.3. The van der Waals surface area contributed by atoms with Gasteiger partial charge >= 0.3 is 0 Å². The van der Waals surface area contributed by atoms with Crippen LogP contribution >= 0.6 is 0 Å². The highest BCUT2D eigenvalue weighted by atomic mass is 19.1. The van der Waals surface area contributed by atoms with Gasteiger partial charge < -0.3 is 10.1 Å². The molecule has 136 valence electrons. The zero-order valence-corrected chi connectivity index (χ0v) is 14.3. The fourth-order valence-corrected chi connectivity index (χ4v) is 4.52. The van der Waals surface area contributed by atoms with Gasteiger partial charge in [0.05, 0.1) is 12.2 Å². The molecule has 1 amide bonds. The summed E-state index contributed by atoms with van der Waals surface area (Å²) in [6.45, 7) is 5.14. The molecule has 0 aromatic heterocycles. The smallest absolute Gasteiger partial charge is 0.274 e. The second-order valence-corrected chi connectivity index (χ2v) is 7.48. The van der Waals surface area contributed by atoms with Crippen molar-refractivity contribution in [2.24, 2.45) is 0 Å². The molecule has 1 aromatic carbocycles. The molecule has 3 aliphatic heterocycles. The van der Waals surface area contributed by atoms with Crippen molar-refractivity contribution in [3.8, 4) is 0 Å². The van der Waals surface area contributed by atoms with Gasteiger partial charge in [-0.2, -0.15) is 0 Å². The Morgan fingerprint density at radius 1 is 1.56 bits per heavy atom. The predicted octanol–water partition coefficient (Wildman–Crippen LogP) is 1.21. The Kier molecular flexibility index (Phi) is 4.27. The van der Waals surface area contributed by atoms with Crippen LogP contribution in [0.2, 0.25) is 0 Å². The van der Waals surface area contributed by atoms with E-state index >= 15 is 0 Å². The van der Waals surface area contributed by atoms with Crippen molar-refractivity contribution in [2.75, 3.05) is 19.7 Å². The third kappa shape index (κ3) is 2.95. The average Bonchev–Trinajstić information content (AvgIpc) is 3.20. The van der Waals surface area contributed by atoms with Crippen LogP contribution in [0.4, 0.5) is 4.39 Å². The Balaban J connectivity index is 1.61. The van der Waals surface area contributed by atoms with Crippen molar-refractivity contribution >= 4 is 5.91 Å². The molecule has 4 rings (SSSR count). The van der Waals surface area contributed by atoms with Gasteiger partial charge in [-0.3, -0.25) is 14.9 Å². The van der Waals surface area contributed by atoms with Crippen molar-refractivity contribution in [3.63, 3.8) is 0 Å². The molecule has 0 unspecified atom stereocenters. The van der Waals surface area contributed by atoms with E-state index in [1.807, 2.05) is 0 Å². The number of benzene rings is 1. The third-order valence-electron chi connectivity index (χ3n) is 5.87. The van der Waals surface area contributed by atoms with Crippen molar-refractivity contribution in [2.45, 2.75) is 50.4 Å². The van der Waals surface area contributed by atoms with Gasteiger partial charge in [0.2, 0.25) is 0 Å². The van der Waals surface area contributed by atoms with Crippen molar-refractivity contribution in [1.29, 1.82) is 0 Å². The molecule has 2 saturated heterocycles. The molecule has 0 radical (unpaired) electrons. The molecule has 1 aromatic rings. The fourth-order valence-electron chi connectivity index (χ4n) is 4.52. The van der Waals surface area contributed by atoms with Gasteiger partial charge in [0, 0.05) is 37.3 Å². The molecular weight excluding hydrogens is 325 g/mol. The minimum Gasteiger partial charge on any atom is -0.371 e. The van der Waals surface area contributed by atoms with E-state index in [4.69, 9.17) is 9.94 Å². The van der Waals surface area contributed by atoms with Gasteiger partial charge in [-0.05, 0) is 42.5 Å². The molecule has 2 fully saturated rings. The van der Waals surface area contributed by atoms with Crippen LogP contribution in [0.15, 0.2) is 12.1 Å². The molecule has 7 heteroatoms. The lowest BCUT2D eigenvalue weighted by Gasteiger charge is -2.41. The van der Waals surface area contributed by atoms with Crippen LogP contribution in [-0.4, -0.2) is 53.4 Å². The number of hydroxylamine groups is 1. The number of hydrogen-bond acceptors (Lipinski definition) is 5. The first-order valence-electron chi connectivity index (χ1n) is 8.90. The molecule has 0 aliphatic carbocycles. The standard InChI is InChI=1S/C18H24FN3O3/c1-2-14-5-15-12(3-11(4-16(15)19)17(23)21-24)7-22(14)10-18-6-13(8-25-18)20-9-18/h3-4,13-14,20,24H,2,5-10H2,1H3,(H,21,23)/t13-,14+,18-/m0/s1. The number of amides is 1. The second-order valence-electron chi connectivity index (χ2n) is 7.48. The Bertz CT molecular complexity index is 688. The number of carbonyl (C=O) groups excluding carboxylic acids is 1. The minimum absolute atomic E-state index is 0.145. The minimum atomic E-state index is -0.689. The van der Waals surface area contributed by atoms with E-state index < -0.39 is 5.91 Å². The number of hydrogen-bond donors (Lipinski definition) is 3. The van der Waals surface area contributed by atoms with Crippen molar-refractivity contribution < 1.29 is 19.1 Å². The highest BCUT2D eigenvalue weighted by Crippen LogP contribution is 2.35. The van der Waals surface area contributed by atoms with E-state index in [1.54, 1.807) is 11.5 Å². The molecule has 0 saturated carbocycles. The first-order valence-corrected chi connectivity index (χ1v) is 8.90. The lowest BCUT2D eigenvalue weighted by molar-refractivity contribution is -0.0423. The fraction of sp³-hybridized carbons (Fsp3) is 0.611. The molecule has 3 N–H and O–H groups in total. The van der Waals surface area contributed by atoms with Crippen LogP contribution in [0.25, 0.3) is 0 Å². The summed E-state index contributed by atoms with van der Waals surface area (Å²) in [6, 6.07) is 3.61. The summed E-state index contributed by atoms with van der Waals surface area (Å²) in [5, 5.41) is 12.3. The van der Waals surface area contributed by atoms with Crippen LogP contribution in [0.5, 0.6) is 0 Å². The summed E-state index contributed by atoms with van der Waals surface area (Å²) < 4.78 is 20.6. The number of ether oxygens (including phenoxy) is 1. The van der Waals surface area contributed by atoms with E-state index in [9.17, 15) is 9.18 Å². The molecule has 3 aliphatic rings. The van der Waals surface area contributed by atoms with Crippen LogP contribution < -0.4 is 10.8 Å². The summed E-state index contributed by atoms with van der Waals surface area (Å²) >= 11 is 0. The second kappa shape index (κ2) is 6.32. The number of fused-ring (bicyclic) bond motifs is 3. The van der Waals surface area contributed by atoms with E-state index in [2.05, 4.69) is 17.1 Å². The highest BCUT2D eigenvalue weighted by molar-refractivity contribution is 5.93. The van der Waals surface area contributed by atoms with Crippen LogP contribution in [0.1, 0.15) is 41.3 Å². The largest absolute Gasteiger partial charge is 0.371 e. The lowest BCUT2D eigenvalue weighted by Crippen LogP contribution is -2.52. The zero-order chi connectivity index (χ0) is 17.6. The highest BCUT2D eigenvalue weighted by Gasteiger charge is 2.48. The molecule has 2 bridgehead atoms. The number of nitrogens with one attached hydrogen (secondary N) is 2. The molecular formula is C18H24FN3O3. The Hall–Kier alpha value is -1.54. The molecule has 25 heavy (non-hydrogen) atoms. The number of rotatable bonds is 4. The Morgan fingerprint density at radius 3 is 3.00 bits per heavy atom. The topological polar surface area (TPSA) is 73.8 Å². The molecule has 3 heterocycles. The quantitative estimate of drug-likeness (QED) is 0.563. The lowest BCUT2D eigenvalue weighted by atomic mass is 9.89. The van der Waals surface area contributed by atoms with Gasteiger partial charge in [0.1, 0.15) is 5.82 Å². The number of nitrogens with zero attached hydrogens (tertiary/aromatic N) is 1. The van der Waals surface area contributed by atoms with Crippen LogP contribution in [0.3, 0.4) is 0 Å². The van der Waals surface area contributed by atoms with E-state index in [0.29, 0.717) is 24.6 Å². The maximum absolute atomic E-state index is 14.5. The maximum Gasteiger partial charge on any atom is 0.274 e. The third-order valence-corrected chi connectivity index (χ3v) is 5.87. The Labute approximate surface area is 146 Å². The molecule has 3 atom stereocenters. The summed E-state index contributed by atoms with van der Waals surface area (Å²) in [4.78, 5) is 14.0. The average molecular weight is 349 g/mol. The Morgan fingerprint density at radius 2 is 2.40 bits per heavy atom.